The van der Waals surface area contributed by atoms with E-state index in [0.717, 1.165) is 179 Å². The number of thiol groups is 2. The summed E-state index contributed by atoms with van der Waals surface area (Å²) in [5.41, 5.74) is 15.9. The SMILES string of the molecule is CCCCc1cc(-c2ccc(CS)cc2)oc1-c1ccc(-c2cc(CCCC)c(-c3ccc(-c4oc(-c5ccc(-c6oc(-c7ccc(CS)cc7)cc6CCCC)cc5)cc4CCCC)cc3)o2)cc1. The smallest absolute Gasteiger partial charge is 0.137 e. The van der Waals surface area contributed by atoms with E-state index in [2.05, 4.69) is 199 Å². The zero-order valence-electron chi connectivity index (χ0n) is 41.3. The Morgan fingerprint density at radius 1 is 0.286 bits per heavy atom. The molecule has 0 aliphatic carbocycles. The van der Waals surface area contributed by atoms with E-state index < -0.39 is 0 Å². The number of unbranched alkanes of at least 4 members (excludes halogenated alkanes) is 4. The fourth-order valence-corrected chi connectivity index (χ4v) is 9.79. The maximum Gasteiger partial charge on any atom is 0.137 e. The van der Waals surface area contributed by atoms with Gasteiger partial charge in [0, 0.05) is 56.0 Å². The van der Waals surface area contributed by atoms with E-state index in [1.54, 1.807) is 0 Å². The molecule has 0 amide bonds. The van der Waals surface area contributed by atoms with Gasteiger partial charge in [0.25, 0.3) is 0 Å². The van der Waals surface area contributed by atoms with Crippen molar-refractivity contribution in [3.63, 3.8) is 0 Å². The first-order valence-electron chi connectivity index (χ1n) is 25.6. The second-order valence-corrected chi connectivity index (χ2v) is 19.3. The van der Waals surface area contributed by atoms with Crippen molar-refractivity contribution in [2.75, 3.05) is 0 Å². The van der Waals surface area contributed by atoms with Gasteiger partial charge in [-0.3, -0.25) is 0 Å². The predicted molar refractivity (Wildman–Crippen MR) is 299 cm³/mol. The summed E-state index contributed by atoms with van der Waals surface area (Å²) in [6, 6.07) is 52.1. The van der Waals surface area contributed by atoms with E-state index in [0.29, 0.717) is 0 Å². The van der Waals surface area contributed by atoms with Crippen molar-refractivity contribution in [2.45, 2.75) is 116 Å². The molecule has 6 heteroatoms. The lowest BCUT2D eigenvalue weighted by molar-refractivity contribution is 0.590. The summed E-state index contributed by atoms with van der Waals surface area (Å²) in [5.74, 6) is 8.73. The minimum atomic E-state index is 0.718. The van der Waals surface area contributed by atoms with Gasteiger partial charge in [0.15, 0.2) is 0 Å². The molecule has 9 rings (SSSR count). The topological polar surface area (TPSA) is 52.6 Å². The molecular formula is C64H66O4S2. The molecule has 358 valence electrons. The lowest BCUT2D eigenvalue weighted by Gasteiger charge is -2.06. The van der Waals surface area contributed by atoms with E-state index in [9.17, 15) is 0 Å². The summed E-state index contributed by atoms with van der Waals surface area (Å²) >= 11 is 8.88. The molecule has 0 N–H and O–H groups in total. The molecule has 0 unspecified atom stereocenters. The minimum absolute atomic E-state index is 0.718. The molecule has 9 aromatic rings. The van der Waals surface area contributed by atoms with Gasteiger partial charge >= 0.3 is 0 Å². The first kappa shape index (κ1) is 48.9. The van der Waals surface area contributed by atoms with Crippen molar-refractivity contribution in [1.29, 1.82) is 0 Å². The van der Waals surface area contributed by atoms with Crippen LogP contribution in [0.25, 0.3) is 90.6 Å². The maximum absolute atomic E-state index is 6.81. The number of aryl methyl sites for hydroxylation is 4. The van der Waals surface area contributed by atoms with E-state index >= 15 is 0 Å². The van der Waals surface area contributed by atoms with Gasteiger partial charge in [-0.1, -0.05) is 175 Å². The number of rotatable bonds is 22. The van der Waals surface area contributed by atoms with E-state index in [-0.39, 0.29) is 0 Å². The Labute approximate surface area is 426 Å². The van der Waals surface area contributed by atoms with Crippen LogP contribution in [-0.4, -0.2) is 0 Å². The Hall–Kier alpha value is -6.08. The third-order valence-corrected chi connectivity index (χ3v) is 14.3. The molecule has 4 nitrogen and oxygen atoms in total. The lowest BCUT2D eigenvalue weighted by atomic mass is 9.99. The highest BCUT2D eigenvalue weighted by Gasteiger charge is 2.21. The molecule has 0 spiro atoms. The second-order valence-electron chi connectivity index (χ2n) is 18.7. The van der Waals surface area contributed by atoms with Gasteiger partial charge in [0.05, 0.1) is 0 Å². The molecule has 0 fully saturated rings. The zero-order valence-corrected chi connectivity index (χ0v) is 43.1. The molecule has 70 heavy (non-hydrogen) atoms. The van der Waals surface area contributed by atoms with Gasteiger partial charge in [-0.25, -0.2) is 0 Å². The quantitative estimate of drug-likeness (QED) is 0.0665. The van der Waals surface area contributed by atoms with Crippen molar-refractivity contribution in [3.05, 3.63) is 179 Å². The highest BCUT2D eigenvalue weighted by molar-refractivity contribution is 7.79. The van der Waals surface area contributed by atoms with Crippen LogP contribution in [0.4, 0.5) is 0 Å². The van der Waals surface area contributed by atoms with Crippen LogP contribution in [0.1, 0.15) is 112 Å². The molecule has 0 aliphatic heterocycles. The Morgan fingerprint density at radius 2 is 0.486 bits per heavy atom. The third kappa shape index (κ3) is 11.1. The van der Waals surface area contributed by atoms with Crippen LogP contribution in [0, 0.1) is 0 Å². The van der Waals surface area contributed by atoms with Gasteiger partial charge < -0.3 is 17.7 Å². The average molecular weight is 963 g/mol. The van der Waals surface area contributed by atoms with Gasteiger partial charge in [-0.2, -0.15) is 25.3 Å². The van der Waals surface area contributed by atoms with Crippen molar-refractivity contribution < 1.29 is 17.7 Å². The molecule has 0 saturated heterocycles. The minimum Gasteiger partial charge on any atom is -0.456 e. The lowest BCUT2D eigenvalue weighted by Crippen LogP contribution is -1.87. The summed E-state index contributed by atoms with van der Waals surface area (Å²) < 4.78 is 26.9. The molecule has 0 aliphatic rings. The number of benzene rings is 5. The zero-order chi connectivity index (χ0) is 48.4. The van der Waals surface area contributed by atoms with Crippen molar-refractivity contribution >= 4 is 25.3 Å². The molecular weight excluding hydrogens is 897 g/mol. The molecule has 4 aromatic heterocycles. The molecule has 5 aromatic carbocycles. The summed E-state index contributed by atoms with van der Waals surface area (Å²) in [6.45, 7) is 8.96. The summed E-state index contributed by atoms with van der Waals surface area (Å²) in [4.78, 5) is 0. The highest BCUT2D eigenvalue weighted by atomic mass is 32.1. The Morgan fingerprint density at radius 3 is 0.686 bits per heavy atom. The van der Waals surface area contributed by atoms with Gasteiger partial charge in [0.2, 0.25) is 0 Å². The van der Waals surface area contributed by atoms with Gasteiger partial charge in [0.1, 0.15) is 46.1 Å². The number of hydrogen-bond acceptors (Lipinski definition) is 6. The Kier molecular flexibility index (Phi) is 16.2. The van der Waals surface area contributed by atoms with Crippen LogP contribution in [0.3, 0.4) is 0 Å². The molecule has 0 radical (unpaired) electrons. The van der Waals surface area contributed by atoms with Crippen molar-refractivity contribution in [1.82, 2.24) is 0 Å². The van der Waals surface area contributed by atoms with Crippen LogP contribution in [0.15, 0.2) is 163 Å². The van der Waals surface area contributed by atoms with Crippen LogP contribution in [-0.2, 0) is 37.2 Å². The Balaban J connectivity index is 0.966. The predicted octanol–water partition coefficient (Wildman–Crippen LogP) is 19.6. The molecule has 4 heterocycles. The number of hydrogen-bond donors (Lipinski definition) is 2. The third-order valence-electron chi connectivity index (χ3n) is 13.5. The highest BCUT2D eigenvalue weighted by Crippen LogP contribution is 2.41. The van der Waals surface area contributed by atoms with Crippen LogP contribution < -0.4 is 0 Å². The average Bonchev–Trinajstić information content (AvgIpc) is 4.24. The fourth-order valence-electron chi connectivity index (χ4n) is 9.37. The summed E-state index contributed by atoms with van der Waals surface area (Å²) in [5, 5.41) is 0. The van der Waals surface area contributed by atoms with E-state index in [1.165, 1.54) is 33.4 Å². The second kappa shape index (κ2) is 23.2. The van der Waals surface area contributed by atoms with Gasteiger partial charge in [-0.05, 0) is 109 Å². The summed E-state index contributed by atoms with van der Waals surface area (Å²) in [6.07, 6.45) is 12.7. The fraction of sp³-hybridized carbons (Fsp3) is 0.281. The normalized spacial score (nSPS) is 11.5. The first-order chi connectivity index (χ1) is 34.4. The molecule has 0 atom stereocenters. The summed E-state index contributed by atoms with van der Waals surface area (Å²) in [7, 11) is 0. The molecule has 0 saturated carbocycles. The van der Waals surface area contributed by atoms with Gasteiger partial charge in [-0.15, -0.1) is 0 Å². The largest absolute Gasteiger partial charge is 0.456 e. The van der Waals surface area contributed by atoms with Crippen LogP contribution in [0.2, 0.25) is 0 Å². The molecule has 0 bridgehead atoms. The van der Waals surface area contributed by atoms with Crippen molar-refractivity contribution in [3.8, 4) is 90.6 Å². The van der Waals surface area contributed by atoms with Crippen LogP contribution in [0.5, 0.6) is 0 Å². The Bertz CT molecular complexity index is 2860. The van der Waals surface area contributed by atoms with Crippen molar-refractivity contribution in [2.24, 2.45) is 0 Å². The van der Waals surface area contributed by atoms with E-state index in [4.69, 9.17) is 17.7 Å². The van der Waals surface area contributed by atoms with Crippen LogP contribution >= 0.6 is 25.3 Å². The van der Waals surface area contributed by atoms with E-state index in [1.807, 2.05) is 0 Å². The standard InChI is InChI=1S/C64H66O4S2/c1-5-9-13-53-37-57(45-21-17-43(41-69)18-22-45)65-61(53)49-29-25-47(26-30-49)59-39-55(15-11-7-3)63(67-59)51-33-35-52(36-34-51)64-56(16-12-8-4)40-60(68-64)48-27-31-50(32-28-48)62-54(14-10-6-2)38-58(66-62)46-23-19-44(42-70)20-24-46/h17-40,69-70H,5-16,41-42H2,1-4H3. The first-order valence-corrected chi connectivity index (χ1v) is 26.9. The maximum atomic E-state index is 6.81. The monoisotopic (exact) mass is 962 g/mol. The number of furan rings is 4.